The zero-order valence-electron chi connectivity index (χ0n) is 12.1. The van der Waals surface area contributed by atoms with Crippen molar-refractivity contribution in [2.75, 3.05) is 0 Å². The lowest BCUT2D eigenvalue weighted by Gasteiger charge is -2.08. The normalized spacial score (nSPS) is 11.3. The SMILES string of the molecule is CC(C)c1ccc(OCc2ccn(C(C)C)n2)cc1. The van der Waals surface area contributed by atoms with E-state index in [0.29, 0.717) is 18.6 Å². The van der Waals surface area contributed by atoms with E-state index in [4.69, 9.17) is 4.74 Å². The highest BCUT2D eigenvalue weighted by Crippen LogP contribution is 2.19. The molecule has 1 heterocycles. The van der Waals surface area contributed by atoms with Gasteiger partial charge in [-0.3, -0.25) is 4.68 Å². The van der Waals surface area contributed by atoms with Crippen molar-refractivity contribution in [3.63, 3.8) is 0 Å². The van der Waals surface area contributed by atoms with Gasteiger partial charge in [0.1, 0.15) is 12.4 Å². The van der Waals surface area contributed by atoms with Crippen molar-refractivity contribution in [1.29, 1.82) is 0 Å². The van der Waals surface area contributed by atoms with Gasteiger partial charge in [-0.25, -0.2) is 0 Å². The van der Waals surface area contributed by atoms with Crippen LogP contribution in [0.2, 0.25) is 0 Å². The maximum atomic E-state index is 5.74. The van der Waals surface area contributed by atoms with Crippen LogP contribution < -0.4 is 4.74 Å². The summed E-state index contributed by atoms with van der Waals surface area (Å²) in [5.41, 5.74) is 2.29. The lowest BCUT2D eigenvalue weighted by Crippen LogP contribution is -2.03. The predicted molar refractivity (Wildman–Crippen MR) is 77.5 cm³/mol. The van der Waals surface area contributed by atoms with Crippen molar-refractivity contribution < 1.29 is 4.74 Å². The molecule has 0 fully saturated rings. The van der Waals surface area contributed by atoms with Crippen molar-refractivity contribution in [1.82, 2.24) is 9.78 Å². The molecule has 3 nitrogen and oxygen atoms in total. The number of hydrogen-bond acceptors (Lipinski definition) is 2. The molecule has 1 aromatic carbocycles. The summed E-state index contributed by atoms with van der Waals surface area (Å²) in [6.45, 7) is 9.12. The molecule has 0 aliphatic heterocycles. The summed E-state index contributed by atoms with van der Waals surface area (Å²) in [7, 11) is 0. The average molecular weight is 258 g/mol. The fraction of sp³-hybridized carbons (Fsp3) is 0.438. The van der Waals surface area contributed by atoms with E-state index in [0.717, 1.165) is 11.4 Å². The second kappa shape index (κ2) is 5.91. The molecule has 2 aromatic rings. The molecule has 2 rings (SSSR count). The quantitative estimate of drug-likeness (QED) is 0.805. The number of rotatable bonds is 5. The Balaban J connectivity index is 1.94. The van der Waals surface area contributed by atoms with Gasteiger partial charge < -0.3 is 4.74 Å². The third-order valence-corrected chi connectivity index (χ3v) is 3.13. The van der Waals surface area contributed by atoms with Gasteiger partial charge >= 0.3 is 0 Å². The molecule has 19 heavy (non-hydrogen) atoms. The van der Waals surface area contributed by atoms with Crippen molar-refractivity contribution in [2.45, 2.75) is 46.3 Å². The molecule has 0 aliphatic carbocycles. The van der Waals surface area contributed by atoms with Crippen molar-refractivity contribution in [3.05, 3.63) is 47.8 Å². The maximum absolute atomic E-state index is 5.74. The zero-order valence-corrected chi connectivity index (χ0v) is 12.1. The molecule has 0 unspecified atom stereocenters. The first-order valence-corrected chi connectivity index (χ1v) is 6.83. The standard InChI is InChI=1S/C16H22N2O/c1-12(2)14-5-7-16(8-6-14)19-11-15-9-10-18(17-15)13(3)4/h5-10,12-13H,11H2,1-4H3. The highest BCUT2D eigenvalue weighted by Gasteiger charge is 2.03. The topological polar surface area (TPSA) is 27.1 Å². The van der Waals surface area contributed by atoms with Gasteiger partial charge in [-0.05, 0) is 43.5 Å². The first-order valence-electron chi connectivity index (χ1n) is 6.83. The number of benzene rings is 1. The van der Waals surface area contributed by atoms with Gasteiger partial charge in [-0.15, -0.1) is 0 Å². The maximum Gasteiger partial charge on any atom is 0.132 e. The van der Waals surface area contributed by atoms with Crippen molar-refractivity contribution in [3.8, 4) is 5.75 Å². The molecule has 0 aliphatic rings. The Hall–Kier alpha value is -1.77. The average Bonchev–Trinajstić information content (AvgIpc) is 2.86. The number of aromatic nitrogens is 2. The van der Waals surface area contributed by atoms with Gasteiger partial charge in [0.25, 0.3) is 0 Å². The van der Waals surface area contributed by atoms with E-state index in [1.54, 1.807) is 0 Å². The third-order valence-electron chi connectivity index (χ3n) is 3.13. The van der Waals surface area contributed by atoms with Gasteiger partial charge in [0, 0.05) is 12.2 Å². The fourth-order valence-electron chi connectivity index (χ4n) is 1.85. The van der Waals surface area contributed by atoms with Crippen LogP contribution in [0.15, 0.2) is 36.5 Å². The van der Waals surface area contributed by atoms with Crippen LogP contribution in [0.3, 0.4) is 0 Å². The molecule has 0 radical (unpaired) electrons. The fourth-order valence-corrected chi connectivity index (χ4v) is 1.85. The number of ether oxygens (including phenoxy) is 1. The van der Waals surface area contributed by atoms with Crippen LogP contribution in [0, 0.1) is 0 Å². The highest BCUT2D eigenvalue weighted by molar-refractivity contribution is 5.29. The van der Waals surface area contributed by atoms with Crippen LogP contribution in [0.25, 0.3) is 0 Å². The van der Waals surface area contributed by atoms with E-state index in [9.17, 15) is 0 Å². The molecular weight excluding hydrogens is 236 g/mol. The Morgan fingerprint density at radius 2 is 1.74 bits per heavy atom. The molecule has 0 saturated carbocycles. The van der Waals surface area contributed by atoms with Gasteiger partial charge in [0.2, 0.25) is 0 Å². The molecule has 102 valence electrons. The minimum Gasteiger partial charge on any atom is -0.487 e. The Labute approximate surface area is 115 Å². The summed E-state index contributed by atoms with van der Waals surface area (Å²) in [6, 6.07) is 10.7. The molecule has 0 bridgehead atoms. The van der Waals surface area contributed by atoms with Crippen LogP contribution in [0.1, 0.15) is 50.9 Å². The summed E-state index contributed by atoms with van der Waals surface area (Å²) >= 11 is 0. The van der Waals surface area contributed by atoms with E-state index in [-0.39, 0.29) is 0 Å². The van der Waals surface area contributed by atoms with Crippen molar-refractivity contribution in [2.24, 2.45) is 0 Å². The summed E-state index contributed by atoms with van der Waals surface area (Å²) < 4.78 is 7.69. The Bertz CT molecular complexity index is 512. The van der Waals surface area contributed by atoms with Gasteiger partial charge in [-0.2, -0.15) is 5.10 Å². The van der Waals surface area contributed by atoms with E-state index < -0.39 is 0 Å². The van der Waals surface area contributed by atoms with Crippen LogP contribution in [0.4, 0.5) is 0 Å². The van der Waals surface area contributed by atoms with E-state index in [1.807, 2.05) is 29.1 Å². The summed E-state index contributed by atoms with van der Waals surface area (Å²) in [4.78, 5) is 0. The Kier molecular flexibility index (Phi) is 4.25. The molecule has 0 atom stereocenters. The predicted octanol–water partition coefficient (Wildman–Crippen LogP) is 4.17. The molecule has 0 spiro atoms. The molecular formula is C16H22N2O. The van der Waals surface area contributed by atoms with Gasteiger partial charge in [0.05, 0.1) is 5.69 Å². The summed E-state index contributed by atoms with van der Waals surface area (Å²) in [6.07, 6.45) is 1.99. The first kappa shape index (κ1) is 13.7. The zero-order chi connectivity index (χ0) is 13.8. The highest BCUT2D eigenvalue weighted by atomic mass is 16.5. The second-order valence-corrected chi connectivity index (χ2v) is 5.39. The summed E-state index contributed by atoms with van der Waals surface area (Å²) in [5.74, 6) is 1.44. The monoisotopic (exact) mass is 258 g/mol. The molecule has 0 amide bonds. The second-order valence-electron chi connectivity index (χ2n) is 5.39. The molecule has 0 saturated heterocycles. The van der Waals surface area contributed by atoms with E-state index in [2.05, 4.69) is 44.9 Å². The van der Waals surface area contributed by atoms with Crippen molar-refractivity contribution >= 4 is 0 Å². The molecule has 0 N–H and O–H groups in total. The molecule has 3 heteroatoms. The minimum absolute atomic E-state index is 0.388. The number of nitrogens with zero attached hydrogens (tertiary/aromatic N) is 2. The van der Waals surface area contributed by atoms with Crippen LogP contribution in [0.5, 0.6) is 5.75 Å². The minimum atomic E-state index is 0.388. The lowest BCUT2D eigenvalue weighted by molar-refractivity contribution is 0.298. The summed E-state index contributed by atoms with van der Waals surface area (Å²) in [5, 5.41) is 4.46. The largest absolute Gasteiger partial charge is 0.487 e. The third kappa shape index (κ3) is 3.60. The molecule has 1 aromatic heterocycles. The smallest absolute Gasteiger partial charge is 0.132 e. The Morgan fingerprint density at radius 1 is 1.05 bits per heavy atom. The first-order chi connectivity index (χ1) is 9.06. The Morgan fingerprint density at radius 3 is 2.26 bits per heavy atom. The number of hydrogen-bond donors (Lipinski definition) is 0. The van der Waals surface area contributed by atoms with E-state index >= 15 is 0 Å². The van der Waals surface area contributed by atoms with Crippen LogP contribution >= 0.6 is 0 Å². The van der Waals surface area contributed by atoms with Gasteiger partial charge in [-0.1, -0.05) is 26.0 Å². The lowest BCUT2D eigenvalue weighted by atomic mass is 10.0. The van der Waals surface area contributed by atoms with Crippen LogP contribution in [-0.2, 0) is 6.61 Å². The van der Waals surface area contributed by atoms with Crippen LogP contribution in [-0.4, -0.2) is 9.78 Å². The van der Waals surface area contributed by atoms with E-state index in [1.165, 1.54) is 5.56 Å². The van der Waals surface area contributed by atoms with Gasteiger partial charge in [0.15, 0.2) is 0 Å².